The molecule has 23 heavy (non-hydrogen) atoms. The zero-order valence-corrected chi connectivity index (χ0v) is 12.7. The number of hydrogen-bond donors (Lipinski definition) is 2. The van der Waals surface area contributed by atoms with Gasteiger partial charge < -0.3 is 15.2 Å². The first-order chi connectivity index (χ1) is 11.3. The van der Waals surface area contributed by atoms with Gasteiger partial charge in [0, 0.05) is 31.9 Å². The molecule has 0 saturated carbocycles. The smallest absolute Gasteiger partial charge is 0.267 e. The van der Waals surface area contributed by atoms with E-state index in [1.807, 2.05) is 41.1 Å². The standard InChI is InChI=1S/C16H18N6O/c23-16(15-6-5-12-11-17-7-9-21(12)15)18-8-10-22-14-4-2-1-3-13(14)19-20-22/h1-6,17H,7-11H2,(H,18,23). The number of fused-ring (bicyclic) bond motifs is 2. The Bertz CT molecular complexity index is 849. The quantitative estimate of drug-likeness (QED) is 0.746. The number of benzene rings is 1. The van der Waals surface area contributed by atoms with Crippen molar-refractivity contribution in [3.05, 3.63) is 47.8 Å². The Morgan fingerprint density at radius 2 is 2.17 bits per heavy atom. The van der Waals surface area contributed by atoms with Crippen molar-refractivity contribution in [3.8, 4) is 0 Å². The van der Waals surface area contributed by atoms with Crippen molar-refractivity contribution in [1.29, 1.82) is 0 Å². The predicted octanol–water partition coefficient (Wildman–Crippen LogP) is 0.766. The molecule has 0 radical (unpaired) electrons. The summed E-state index contributed by atoms with van der Waals surface area (Å²) in [6.45, 7) is 3.66. The van der Waals surface area contributed by atoms with Gasteiger partial charge in [0.15, 0.2) is 0 Å². The van der Waals surface area contributed by atoms with E-state index in [0.29, 0.717) is 13.1 Å². The summed E-state index contributed by atoms with van der Waals surface area (Å²) in [7, 11) is 0. The van der Waals surface area contributed by atoms with Gasteiger partial charge in [-0.25, -0.2) is 4.68 Å². The lowest BCUT2D eigenvalue weighted by molar-refractivity contribution is 0.0941. The van der Waals surface area contributed by atoms with E-state index in [4.69, 9.17) is 0 Å². The molecule has 118 valence electrons. The molecule has 2 aromatic heterocycles. The number of carbonyl (C=O) groups is 1. The first-order valence-electron chi connectivity index (χ1n) is 7.78. The van der Waals surface area contributed by atoms with Crippen molar-refractivity contribution in [2.24, 2.45) is 0 Å². The van der Waals surface area contributed by atoms with Crippen LogP contribution in [-0.4, -0.2) is 38.6 Å². The summed E-state index contributed by atoms with van der Waals surface area (Å²) in [5.74, 6) is -0.0393. The van der Waals surface area contributed by atoms with Crippen LogP contribution < -0.4 is 10.6 Å². The predicted molar refractivity (Wildman–Crippen MR) is 86.0 cm³/mol. The largest absolute Gasteiger partial charge is 0.349 e. The third kappa shape index (κ3) is 2.59. The van der Waals surface area contributed by atoms with Gasteiger partial charge in [0.1, 0.15) is 11.2 Å². The van der Waals surface area contributed by atoms with Gasteiger partial charge in [0.25, 0.3) is 5.91 Å². The highest BCUT2D eigenvalue weighted by atomic mass is 16.1. The number of rotatable bonds is 4. The minimum Gasteiger partial charge on any atom is -0.349 e. The number of nitrogens with one attached hydrogen (secondary N) is 2. The van der Waals surface area contributed by atoms with Crippen LogP contribution in [0.4, 0.5) is 0 Å². The molecular weight excluding hydrogens is 292 g/mol. The Hall–Kier alpha value is -2.67. The second-order valence-electron chi connectivity index (χ2n) is 5.60. The Morgan fingerprint density at radius 1 is 1.26 bits per heavy atom. The summed E-state index contributed by atoms with van der Waals surface area (Å²) in [6, 6.07) is 11.7. The van der Waals surface area contributed by atoms with Crippen LogP contribution in [0, 0.1) is 0 Å². The maximum atomic E-state index is 12.4. The summed E-state index contributed by atoms with van der Waals surface area (Å²) < 4.78 is 3.89. The molecule has 0 fully saturated rings. The maximum absolute atomic E-state index is 12.4. The van der Waals surface area contributed by atoms with Crippen molar-refractivity contribution in [3.63, 3.8) is 0 Å². The molecule has 0 unspecified atom stereocenters. The molecule has 4 rings (SSSR count). The zero-order chi connectivity index (χ0) is 15.6. The number of aromatic nitrogens is 4. The molecule has 1 aromatic carbocycles. The van der Waals surface area contributed by atoms with Crippen molar-refractivity contribution in [2.75, 3.05) is 13.1 Å². The number of amides is 1. The molecule has 0 spiro atoms. The lowest BCUT2D eigenvalue weighted by Crippen LogP contribution is -2.33. The highest BCUT2D eigenvalue weighted by Gasteiger charge is 2.16. The van der Waals surface area contributed by atoms with Crippen LogP contribution >= 0.6 is 0 Å². The average molecular weight is 310 g/mol. The van der Waals surface area contributed by atoms with E-state index in [0.717, 1.165) is 42.1 Å². The third-order valence-corrected chi connectivity index (χ3v) is 4.15. The molecule has 0 atom stereocenters. The van der Waals surface area contributed by atoms with Gasteiger partial charge in [-0.2, -0.15) is 0 Å². The average Bonchev–Trinajstić information content (AvgIpc) is 3.19. The number of carbonyl (C=O) groups excluding carboxylic acids is 1. The van der Waals surface area contributed by atoms with E-state index in [-0.39, 0.29) is 5.91 Å². The van der Waals surface area contributed by atoms with Crippen LogP contribution in [0.1, 0.15) is 16.2 Å². The Morgan fingerprint density at radius 3 is 3.13 bits per heavy atom. The van der Waals surface area contributed by atoms with Crippen LogP contribution in [0.15, 0.2) is 36.4 Å². The molecule has 7 heteroatoms. The SMILES string of the molecule is O=C(NCCn1nnc2ccccc21)c1ccc2n1CCNC2. The molecule has 1 aliphatic heterocycles. The highest BCUT2D eigenvalue weighted by Crippen LogP contribution is 2.12. The molecular formula is C16H18N6O. The second kappa shape index (κ2) is 5.85. The molecule has 3 heterocycles. The van der Waals surface area contributed by atoms with E-state index in [1.165, 1.54) is 0 Å². The number of hydrogen-bond acceptors (Lipinski definition) is 4. The van der Waals surface area contributed by atoms with Crippen LogP contribution in [0.3, 0.4) is 0 Å². The lowest BCUT2D eigenvalue weighted by atomic mass is 10.3. The van der Waals surface area contributed by atoms with Crippen LogP contribution in [-0.2, 0) is 19.6 Å². The molecule has 1 amide bonds. The Balaban J connectivity index is 1.41. The van der Waals surface area contributed by atoms with Crippen molar-refractivity contribution in [2.45, 2.75) is 19.6 Å². The van der Waals surface area contributed by atoms with Crippen molar-refractivity contribution in [1.82, 2.24) is 30.2 Å². The first-order valence-corrected chi connectivity index (χ1v) is 7.78. The monoisotopic (exact) mass is 310 g/mol. The maximum Gasteiger partial charge on any atom is 0.267 e. The van der Waals surface area contributed by atoms with E-state index in [9.17, 15) is 4.79 Å². The first kappa shape index (κ1) is 14.0. The number of para-hydroxylation sites is 1. The minimum atomic E-state index is -0.0393. The van der Waals surface area contributed by atoms with Gasteiger partial charge in [-0.15, -0.1) is 5.10 Å². The normalized spacial score (nSPS) is 13.9. The van der Waals surface area contributed by atoms with Gasteiger partial charge >= 0.3 is 0 Å². The van der Waals surface area contributed by atoms with Gasteiger partial charge in [0.05, 0.1) is 12.1 Å². The number of nitrogens with zero attached hydrogens (tertiary/aromatic N) is 4. The van der Waals surface area contributed by atoms with Crippen LogP contribution in [0.25, 0.3) is 11.0 Å². The van der Waals surface area contributed by atoms with Gasteiger partial charge in [0.2, 0.25) is 0 Å². The molecule has 1 aliphatic rings. The van der Waals surface area contributed by atoms with Crippen molar-refractivity contribution >= 4 is 16.9 Å². The van der Waals surface area contributed by atoms with Gasteiger partial charge in [-0.3, -0.25) is 4.79 Å². The lowest BCUT2D eigenvalue weighted by Gasteiger charge is -2.18. The summed E-state index contributed by atoms with van der Waals surface area (Å²) in [4.78, 5) is 12.4. The fraction of sp³-hybridized carbons (Fsp3) is 0.312. The fourth-order valence-corrected chi connectivity index (χ4v) is 2.98. The second-order valence-corrected chi connectivity index (χ2v) is 5.60. The minimum absolute atomic E-state index is 0.0393. The van der Waals surface area contributed by atoms with Gasteiger partial charge in [-0.05, 0) is 24.3 Å². The summed E-state index contributed by atoms with van der Waals surface area (Å²) in [6.07, 6.45) is 0. The Labute approximate surface area is 133 Å². The van der Waals surface area contributed by atoms with Crippen LogP contribution in [0.5, 0.6) is 0 Å². The summed E-state index contributed by atoms with van der Waals surface area (Å²) in [5.41, 5.74) is 3.73. The molecule has 0 bridgehead atoms. The van der Waals surface area contributed by atoms with E-state index >= 15 is 0 Å². The summed E-state index contributed by atoms with van der Waals surface area (Å²) >= 11 is 0. The van der Waals surface area contributed by atoms with E-state index < -0.39 is 0 Å². The Kier molecular flexibility index (Phi) is 3.55. The zero-order valence-electron chi connectivity index (χ0n) is 12.7. The van der Waals surface area contributed by atoms with E-state index in [2.05, 4.69) is 25.5 Å². The molecule has 0 saturated heterocycles. The van der Waals surface area contributed by atoms with Crippen LogP contribution in [0.2, 0.25) is 0 Å². The van der Waals surface area contributed by atoms with Gasteiger partial charge in [-0.1, -0.05) is 17.3 Å². The third-order valence-electron chi connectivity index (χ3n) is 4.15. The molecule has 0 aliphatic carbocycles. The van der Waals surface area contributed by atoms with Crippen molar-refractivity contribution < 1.29 is 4.79 Å². The molecule has 3 aromatic rings. The molecule has 2 N–H and O–H groups in total. The summed E-state index contributed by atoms with van der Waals surface area (Å²) in [5, 5.41) is 14.5. The fourth-order valence-electron chi connectivity index (χ4n) is 2.98. The van der Waals surface area contributed by atoms with E-state index in [1.54, 1.807) is 0 Å². The highest BCUT2D eigenvalue weighted by molar-refractivity contribution is 5.93. The topological polar surface area (TPSA) is 76.8 Å². The molecule has 7 nitrogen and oxygen atoms in total.